The van der Waals surface area contributed by atoms with Crippen LogP contribution in [0.2, 0.25) is 0 Å². The molecule has 2 heterocycles. The summed E-state index contributed by atoms with van der Waals surface area (Å²) >= 11 is 3.65. The Hall–Kier alpha value is -1.00. The van der Waals surface area contributed by atoms with Crippen molar-refractivity contribution < 1.29 is 14.1 Å². The quantitative estimate of drug-likeness (QED) is 0.841. The minimum atomic E-state index is -0.267. The lowest BCUT2D eigenvalue weighted by Gasteiger charge is -1.95. The van der Waals surface area contributed by atoms with Crippen molar-refractivity contribution in [1.29, 1.82) is 0 Å². The fraction of sp³-hybridized carbons (Fsp3) is 0.222. The molecule has 0 aromatic carbocycles. The molecule has 0 aliphatic carbocycles. The van der Waals surface area contributed by atoms with Gasteiger partial charge in [-0.3, -0.25) is 10.1 Å². The fourth-order valence-corrected chi connectivity index (χ4v) is 2.42. The van der Waals surface area contributed by atoms with Gasteiger partial charge in [-0.1, -0.05) is 5.16 Å². The van der Waals surface area contributed by atoms with Gasteiger partial charge in [-0.2, -0.15) is 4.98 Å². The van der Waals surface area contributed by atoms with E-state index in [1.165, 1.54) is 18.4 Å². The van der Waals surface area contributed by atoms with Gasteiger partial charge in [0.25, 0.3) is 5.91 Å². The molecule has 2 rings (SSSR count). The van der Waals surface area contributed by atoms with Gasteiger partial charge < -0.3 is 9.26 Å². The molecule has 0 bridgehead atoms. The molecule has 0 atom stereocenters. The summed E-state index contributed by atoms with van der Waals surface area (Å²) in [5.41, 5.74) is 0.575. The monoisotopic (exact) mass is 365 g/mol. The molecular weight excluding hydrogens is 357 g/mol. The second kappa shape index (κ2) is 5.56. The van der Waals surface area contributed by atoms with E-state index in [1.807, 2.05) is 0 Å². The van der Waals surface area contributed by atoms with Gasteiger partial charge >= 0.3 is 6.01 Å². The number of carbonyl (C=O) groups is 1. The van der Waals surface area contributed by atoms with Gasteiger partial charge in [0.05, 0.1) is 8.45 Å². The molecule has 0 saturated carbocycles. The second-order valence-corrected chi connectivity index (χ2v) is 5.85. The molecule has 90 valence electrons. The topological polar surface area (TPSA) is 77.3 Å². The maximum atomic E-state index is 11.7. The zero-order valence-electron chi connectivity index (χ0n) is 8.77. The third-order valence-electron chi connectivity index (χ3n) is 1.79. The standard InChI is InChI=1S/C9H8IN3O3S/c1-15-3-7-11-9(16-13-7)12-8(14)5-2-6(10)17-4-5/h2,4H,3H2,1H3,(H,11,12,13,14). The Labute approximate surface area is 114 Å². The van der Waals surface area contributed by atoms with E-state index < -0.39 is 0 Å². The number of thiophene rings is 1. The first-order valence-corrected chi connectivity index (χ1v) is 6.52. The number of carbonyl (C=O) groups excluding carboxylic acids is 1. The van der Waals surface area contributed by atoms with Gasteiger partial charge in [-0.15, -0.1) is 11.3 Å². The lowest BCUT2D eigenvalue weighted by atomic mass is 10.3. The maximum absolute atomic E-state index is 11.7. The van der Waals surface area contributed by atoms with Crippen molar-refractivity contribution in [1.82, 2.24) is 10.1 Å². The van der Waals surface area contributed by atoms with Crippen LogP contribution in [0.1, 0.15) is 16.2 Å². The number of hydrogen-bond acceptors (Lipinski definition) is 6. The molecule has 8 heteroatoms. The highest BCUT2D eigenvalue weighted by atomic mass is 127. The zero-order chi connectivity index (χ0) is 12.3. The van der Waals surface area contributed by atoms with E-state index in [0.717, 1.165) is 2.88 Å². The van der Waals surface area contributed by atoms with E-state index in [2.05, 4.69) is 38.0 Å². The second-order valence-electron chi connectivity index (χ2n) is 3.04. The average molecular weight is 365 g/mol. The smallest absolute Gasteiger partial charge is 0.328 e. The molecule has 0 unspecified atom stereocenters. The number of ether oxygens (including phenoxy) is 1. The van der Waals surface area contributed by atoms with E-state index in [0.29, 0.717) is 11.4 Å². The van der Waals surface area contributed by atoms with Gasteiger partial charge in [-0.25, -0.2) is 0 Å². The van der Waals surface area contributed by atoms with Crippen LogP contribution in [0.5, 0.6) is 0 Å². The molecule has 0 fully saturated rings. The lowest BCUT2D eigenvalue weighted by Crippen LogP contribution is -2.11. The number of nitrogens with one attached hydrogen (secondary N) is 1. The van der Waals surface area contributed by atoms with Crippen LogP contribution in [0.4, 0.5) is 6.01 Å². The van der Waals surface area contributed by atoms with E-state index >= 15 is 0 Å². The molecule has 6 nitrogen and oxygen atoms in total. The van der Waals surface area contributed by atoms with E-state index in [-0.39, 0.29) is 18.5 Å². The van der Waals surface area contributed by atoms with Crippen LogP contribution in [-0.2, 0) is 11.3 Å². The Morgan fingerprint density at radius 3 is 3.18 bits per heavy atom. The summed E-state index contributed by atoms with van der Waals surface area (Å²) in [5.74, 6) is 0.125. The van der Waals surface area contributed by atoms with Crippen molar-refractivity contribution in [3.05, 3.63) is 25.7 Å². The van der Waals surface area contributed by atoms with Crippen LogP contribution in [0.15, 0.2) is 16.0 Å². The third kappa shape index (κ3) is 3.23. The Bertz CT molecular complexity index is 525. The van der Waals surface area contributed by atoms with Crippen LogP contribution in [0.25, 0.3) is 0 Å². The maximum Gasteiger partial charge on any atom is 0.328 e. The number of aromatic nitrogens is 2. The van der Waals surface area contributed by atoms with E-state index in [1.54, 1.807) is 11.4 Å². The molecule has 1 N–H and O–H groups in total. The van der Waals surface area contributed by atoms with Gasteiger partial charge in [0, 0.05) is 12.5 Å². The van der Waals surface area contributed by atoms with Crippen molar-refractivity contribution in [2.45, 2.75) is 6.61 Å². The van der Waals surface area contributed by atoms with Crippen molar-refractivity contribution in [2.24, 2.45) is 0 Å². The summed E-state index contributed by atoms with van der Waals surface area (Å²) in [6.45, 7) is 0.246. The summed E-state index contributed by atoms with van der Waals surface area (Å²) in [6, 6.07) is 1.86. The summed E-state index contributed by atoms with van der Waals surface area (Å²) in [6.07, 6.45) is 0. The fourth-order valence-electron chi connectivity index (χ4n) is 1.09. The number of hydrogen-bond donors (Lipinski definition) is 1. The lowest BCUT2D eigenvalue weighted by molar-refractivity contribution is 0.102. The first kappa shape index (κ1) is 12.5. The molecule has 17 heavy (non-hydrogen) atoms. The van der Waals surface area contributed by atoms with Crippen LogP contribution in [0, 0.1) is 2.88 Å². The number of anilines is 1. The largest absolute Gasteiger partial charge is 0.377 e. The molecule has 0 saturated heterocycles. The van der Waals surface area contributed by atoms with Gasteiger partial charge in [0.15, 0.2) is 5.82 Å². The zero-order valence-corrected chi connectivity index (χ0v) is 11.7. The summed E-state index contributed by atoms with van der Waals surface area (Å²) in [5, 5.41) is 7.92. The molecule has 0 aliphatic heterocycles. The average Bonchev–Trinajstić information content (AvgIpc) is 2.88. The van der Waals surface area contributed by atoms with Crippen molar-refractivity contribution in [3.8, 4) is 0 Å². The minimum absolute atomic E-state index is 0.0725. The first-order valence-electron chi connectivity index (χ1n) is 4.56. The molecule has 1 amide bonds. The molecular formula is C9H8IN3O3S. The van der Waals surface area contributed by atoms with Crippen LogP contribution in [-0.4, -0.2) is 23.2 Å². The molecule has 0 radical (unpaired) electrons. The van der Waals surface area contributed by atoms with Gasteiger partial charge in [0.1, 0.15) is 6.61 Å². The Morgan fingerprint density at radius 2 is 2.53 bits per heavy atom. The Kier molecular flexibility index (Phi) is 4.07. The van der Waals surface area contributed by atoms with Crippen LogP contribution in [0.3, 0.4) is 0 Å². The minimum Gasteiger partial charge on any atom is -0.377 e. The highest BCUT2D eigenvalue weighted by molar-refractivity contribution is 14.1. The summed E-state index contributed by atoms with van der Waals surface area (Å²) in [4.78, 5) is 15.7. The molecule has 0 aliphatic rings. The van der Waals surface area contributed by atoms with E-state index in [9.17, 15) is 4.79 Å². The van der Waals surface area contributed by atoms with Crippen molar-refractivity contribution in [2.75, 3.05) is 12.4 Å². The Balaban J connectivity index is 2.02. The van der Waals surface area contributed by atoms with Crippen molar-refractivity contribution >= 4 is 45.8 Å². The summed E-state index contributed by atoms with van der Waals surface area (Å²) < 4.78 is 10.7. The normalized spacial score (nSPS) is 10.5. The van der Waals surface area contributed by atoms with Crippen molar-refractivity contribution in [3.63, 3.8) is 0 Å². The third-order valence-corrected chi connectivity index (χ3v) is 3.58. The Morgan fingerprint density at radius 1 is 1.71 bits per heavy atom. The predicted octanol–water partition coefficient (Wildman–Crippen LogP) is 2.13. The molecule has 0 spiro atoms. The number of amides is 1. The highest BCUT2D eigenvalue weighted by Crippen LogP contribution is 2.17. The summed E-state index contributed by atoms with van der Waals surface area (Å²) in [7, 11) is 1.53. The van der Waals surface area contributed by atoms with Crippen LogP contribution >= 0.6 is 33.9 Å². The number of nitrogens with zero attached hydrogens (tertiary/aromatic N) is 2. The molecule has 2 aromatic rings. The first-order chi connectivity index (χ1) is 8.19. The van der Waals surface area contributed by atoms with Gasteiger partial charge in [-0.05, 0) is 28.7 Å². The van der Waals surface area contributed by atoms with Crippen LogP contribution < -0.4 is 5.32 Å². The van der Waals surface area contributed by atoms with E-state index in [4.69, 9.17) is 9.26 Å². The highest BCUT2D eigenvalue weighted by Gasteiger charge is 2.12. The number of methoxy groups -OCH3 is 1. The molecule has 2 aromatic heterocycles. The number of rotatable bonds is 4. The SMILES string of the molecule is COCc1noc(NC(=O)c2csc(I)c2)n1. The number of halogens is 1. The van der Waals surface area contributed by atoms with Gasteiger partial charge in [0.2, 0.25) is 0 Å². The predicted molar refractivity (Wildman–Crippen MR) is 70.0 cm³/mol.